The summed E-state index contributed by atoms with van der Waals surface area (Å²) in [5.41, 5.74) is 0.0673. The molecule has 0 heterocycles. The van der Waals surface area contributed by atoms with Gasteiger partial charge in [-0.2, -0.15) is 0 Å². The Hall–Kier alpha value is -2.53. The Balaban J connectivity index is 2.30. The van der Waals surface area contributed by atoms with E-state index in [1.807, 2.05) is 0 Å². The Labute approximate surface area is 125 Å². The van der Waals surface area contributed by atoms with E-state index in [9.17, 15) is 14.7 Å². The Morgan fingerprint density at radius 3 is 2.38 bits per heavy atom. The van der Waals surface area contributed by atoms with Crippen molar-refractivity contribution in [3.63, 3.8) is 0 Å². The molecule has 5 nitrogen and oxygen atoms in total. The van der Waals surface area contributed by atoms with Crippen molar-refractivity contribution in [1.29, 1.82) is 0 Å². The minimum Gasteiger partial charge on any atom is -0.488 e. The molecule has 6 heteroatoms. The Kier molecular flexibility index (Phi) is 4.45. The van der Waals surface area contributed by atoms with Gasteiger partial charge in [0.2, 0.25) is 0 Å². The lowest BCUT2D eigenvalue weighted by molar-refractivity contribution is 0.0647. The molecule has 0 amide bonds. The second-order valence-electron chi connectivity index (χ2n) is 4.21. The predicted octanol–water partition coefficient (Wildman–Crippen LogP) is 3.32. The van der Waals surface area contributed by atoms with Crippen LogP contribution >= 0.6 is 11.6 Å². The van der Waals surface area contributed by atoms with Crippen LogP contribution in [0, 0.1) is 0 Å². The summed E-state index contributed by atoms with van der Waals surface area (Å²) in [6.07, 6.45) is 0. The first-order chi connectivity index (χ1) is 9.99. The van der Waals surface area contributed by atoms with E-state index in [1.54, 1.807) is 24.3 Å². The maximum absolute atomic E-state index is 11.2. The number of hydrogen-bond donors (Lipinski definition) is 2. The van der Waals surface area contributed by atoms with Crippen molar-refractivity contribution in [3.8, 4) is 5.75 Å². The first-order valence-corrected chi connectivity index (χ1v) is 6.33. The quantitative estimate of drug-likeness (QED) is 0.885. The fraction of sp³-hybridized carbons (Fsp3) is 0.0667. The van der Waals surface area contributed by atoms with Crippen LogP contribution in [0.15, 0.2) is 42.5 Å². The second kappa shape index (κ2) is 6.28. The third kappa shape index (κ3) is 3.52. The van der Waals surface area contributed by atoms with Crippen LogP contribution in [0.1, 0.15) is 26.3 Å². The highest BCUT2D eigenvalue weighted by atomic mass is 35.5. The molecule has 108 valence electrons. The third-order valence-electron chi connectivity index (χ3n) is 2.75. The highest BCUT2D eigenvalue weighted by Gasteiger charge is 2.21. The van der Waals surface area contributed by atoms with E-state index < -0.39 is 11.9 Å². The molecule has 0 aliphatic rings. The number of carboxylic acids is 2. The van der Waals surface area contributed by atoms with Crippen LogP contribution in [-0.4, -0.2) is 22.2 Å². The first-order valence-electron chi connectivity index (χ1n) is 5.96. The molecular formula is C15H11ClO5. The molecule has 0 fully saturated rings. The van der Waals surface area contributed by atoms with Crippen molar-refractivity contribution in [2.75, 3.05) is 0 Å². The van der Waals surface area contributed by atoms with Gasteiger partial charge in [-0.05, 0) is 29.8 Å². The normalized spacial score (nSPS) is 10.1. The minimum atomic E-state index is -1.35. The summed E-state index contributed by atoms with van der Waals surface area (Å²) in [4.78, 5) is 22.3. The van der Waals surface area contributed by atoms with Gasteiger partial charge >= 0.3 is 11.9 Å². The number of benzene rings is 2. The summed E-state index contributed by atoms with van der Waals surface area (Å²) in [5, 5.41) is 18.7. The third-order valence-corrected chi connectivity index (χ3v) is 2.99. The summed E-state index contributed by atoms with van der Waals surface area (Å²) in [5.74, 6) is -2.67. The van der Waals surface area contributed by atoms with Crippen molar-refractivity contribution in [3.05, 3.63) is 64.2 Å². The first kappa shape index (κ1) is 14.9. The van der Waals surface area contributed by atoms with E-state index in [2.05, 4.69) is 0 Å². The molecule has 0 radical (unpaired) electrons. The SMILES string of the molecule is O=C(O)c1cccc(OCc2cccc(Cl)c2)c1C(=O)O. The number of carbonyl (C=O) groups is 2. The molecule has 0 aliphatic heterocycles. The fourth-order valence-electron chi connectivity index (χ4n) is 1.84. The number of carboxylic acid groups (broad SMARTS) is 2. The lowest BCUT2D eigenvalue weighted by Gasteiger charge is -2.11. The summed E-state index contributed by atoms with van der Waals surface area (Å²) in [6, 6.07) is 11.0. The minimum absolute atomic E-state index is 0.00220. The van der Waals surface area contributed by atoms with Gasteiger partial charge in [0.15, 0.2) is 0 Å². The van der Waals surface area contributed by atoms with Crippen LogP contribution in [0.2, 0.25) is 5.02 Å². The molecule has 0 saturated carbocycles. The Bertz CT molecular complexity index is 696. The molecule has 0 saturated heterocycles. The van der Waals surface area contributed by atoms with Gasteiger partial charge in [-0.15, -0.1) is 0 Å². The number of hydrogen-bond acceptors (Lipinski definition) is 3. The maximum atomic E-state index is 11.2. The highest BCUT2D eigenvalue weighted by molar-refractivity contribution is 6.30. The van der Waals surface area contributed by atoms with Crippen LogP contribution in [0.25, 0.3) is 0 Å². The van der Waals surface area contributed by atoms with Gasteiger partial charge in [0.05, 0.1) is 5.56 Å². The molecular weight excluding hydrogens is 296 g/mol. The van der Waals surface area contributed by atoms with Crippen LogP contribution in [0.4, 0.5) is 0 Å². The van der Waals surface area contributed by atoms with Crippen molar-refractivity contribution in [1.82, 2.24) is 0 Å². The van der Waals surface area contributed by atoms with E-state index in [-0.39, 0.29) is 23.5 Å². The van der Waals surface area contributed by atoms with E-state index in [4.69, 9.17) is 21.4 Å². The van der Waals surface area contributed by atoms with Gasteiger partial charge in [-0.3, -0.25) is 0 Å². The largest absolute Gasteiger partial charge is 0.488 e. The standard InChI is InChI=1S/C15H11ClO5/c16-10-4-1-3-9(7-10)8-21-12-6-2-5-11(14(17)18)13(12)15(19)20/h1-7H,8H2,(H,17,18)(H,19,20). The topological polar surface area (TPSA) is 83.8 Å². The number of ether oxygens (including phenoxy) is 1. The fourth-order valence-corrected chi connectivity index (χ4v) is 2.05. The molecule has 0 spiro atoms. The van der Waals surface area contributed by atoms with Crippen LogP contribution < -0.4 is 4.74 Å². The van der Waals surface area contributed by atoms with E-state index >= 15 is 0 Å². The molecule has 2 aromatic carbocycles. The molecule has 0 aliphatic carbocycles. The monoisotopic (exact) mass is 306 g/mol. The van der Waals surface area contributed by atoms with E-state index in [1.165, 1.54) is 18.2 Å². The summed E-state index contributed by atoms with van der Waals surface area (Å²) in [7, 11) is 0. The van der Waals surface area contributed by atoms with Gasteiger partial charge in [-0.25, -0.2) is 9.59 Å². The molecule has 0 unspecified atom stereocenters. The van der Waals surface area contributed by atoms with Gasteiger partial charge < -0.3 is 14.9 Å². The van der Waals surface area contributed by atoms with Crippen molar-refractivity contribution in [2.24, 2.45) is 0 Å². The zero-order valence-electron chi connectivity index (χ0n) is 10.7. The lowest BCUT2D eigenvalue weighted by atomic mass is 10.1. The van der Waals surface area contributed by atoms with Gasteiger partial charge in [-0.1, -0.05) is 29.8 Å². The van der Waals surface area contributed by atoms with Gasteiger partial charge in [0, 0.05) is 5.02 Å². The maximum Gasteiger partial charge on any atom is 0.340 e. The Morgan fingerprint density at radius 2 is 1.76 bits per heavy atom. The van der Waals surface area contributed by atoms with E-state index in [0.29, 0.717) is 5.02 Å². The van der Waals surface area contributed by atoms with Gasteiger partial charge in [0.25, 0.3) is 0 Å². The number of halogens is 1. The summed E-state index contributed by atoms with van der Waals surface area (Å²) >= 11 is 5.85. The number of aromatic carboxylic acids is 2. The van der Waals surface area contributed by atoms with E-state index in [0.717, 1.165) is 5.56 Å². The molecule has 2 aromatic rings. The van der Waals surface area contributed by atoms with Gasteiger partial charge in [0.1, 0.15) is 17.9 Å². The van der Waals surface area contributed by atoms with Crippen molar-refractivity contribution >= 4 is 23.5 Å². The predicted molar refractivity (Wildman–Crippen MR) is 76.1 cm³/mol. The van der Waals surface area contributed by atoms with Crippen molar-refractivity contribution < 1.29 is 24.5 Å². The molecule has 0 atom stereocenters. The number of rotatable bonds is 5. The molecule has 2 rings (SSSR count). The van der Waals surface area contributed by atoms with Crippen molar-refractivity contribution in [2.45, 2.75) is 6.61 Å². The lowest BCUT2D eigenvalue weighted by Crippen LogP contribution is -2.10. The van der Waals surface area contributed by atoms with Crippen LogP contribution in [0.5, 0.6) is 5.75 Å². The zero-order chi connectivity index (χ0) is 15.4. The average Bonchev–Trinajstić information content (AvgIpc) is 2.44. The van der Waals surface area contributed by atoms with Crippen LogP contribution in [0.3, 0.4) is 0 Å². The smallest absolute Gasteiger partial charge is 0.340 e. The zero-order valence-corrected chi connectivity index (χ0v) is 11.5. The second-order valence-corrected chi connectivity index (χ2v) is 4.64. The summed E-state index contributed by atoms with van der Waals surface area (Å²) < 4.78 is 5.43. The Morgan fingerprint density at radius 1 is 1.05 bits per heavy atom. The van der Waals surface area contributed by atoms with Crippen LogP contribution in [-0.2, 0) is 6.61 Å². The highest BCUT2D eigenvalue weighted by Crippen LogP contribution is 2.24. The average molecular weight is 307 g/mol. The molecule has 0 aromatic heterocycles. The summed E-state index contributed by atoms with van der Waals surface area (Å²) in [6.45, 7) is 0.0872. The molecule has 21 heavy (non-hydrogen) atoms. The molecule has 0 bridgehead atoms. The molecule has 2 N–H and O–H groups in total.